The Morgan fingerprint density at radius 1 is 1.17 bits per heavy atom. The van der Waals surface area contributed by atoms with Crippen molar-refractivity contribution in [2.75, 3.05) is 6.54 Å². The molecular formula is C24H29ClN4O. The Bertz CT molecular complexity index is 1030. The van der Waals surface area contributed by atoms with Crippen LogP contribution in [0.4, 0.5) is 0 Å². The Kier molecular flexibility index (Phi) is 6.40. The zero-order valence-electron chi connectivity index (χ0n) is 17.4. The molecule has 0 amide bonds. The van der Waals surface area contributed by atoms with Gasteiger partial charge in [-0.15, -0.1) is 0 Å². The van der Waals surface area contributed by atoms with Gasteiger partial charge in [0, 0.05) is 41.8 Å². The Hall–Kier alpha value is -2.37. The van der Waals surface area contributed by atoms with Crippen molar-refractivity contribution in [3.63, 3.8) is 0 Å². The van der Waals surface area contributed by atoms with Crippen LogP contribution in [0.2, 0.25) is 5.02 Å². The van der Waals surface area contributed by atoms with Crippen molar-refractivity contribution in [3.05, 3.63) is 87.3 Å². The summed E-state index contributed by atoms with van der Waals surface area (Å²) in [5.74, 6) is 0.625. The van der Waals surface area contributed by atoms with Gasteiger partial charge in [-0.05, 0) is 48.9 Å². The van der Waals surface area contributed by atoms with Crippen LogP contribution in [0.3, 0.4) is 0 Å². The van der Waals surface area contributed by atoms with Crippen LogP contribution in [-0.2, 0) is 6.54 Å². The van der Waals surface area contributed by atoms with Crippen molar-refractivity contribution in [2.45, 2.75) is 51.1 Å². The van der Waals surface area contributed by atoms with Crippen molar-refractivity contribution in [1.29, 1.82) is 0 Å². The molecule has 1 aromatic carbocycles. The Morgan fingerprint density at radius 2 is 1.93 bits per heavy atom. The van der Waals surface area contributed by atoms with Gasteiger partial charge in [0.05, 0.1) is 12.6 Å². The molecule has 0 saturated heterocycles. The molecule has 2 atom stereocenters. The van der Waals surface area contributed by atoms with Crippen molar-refractivity contribution < 1.29 is 0 Å². The monoisotopic (exact) mass is 424 g/mol. The van der Waals surface area contributed by atoms with Crippen LogP contribution in [-0.4, -0.2) is 20.7 Å². The molecule has 5 nitrogen and oxygen atoms in total. The Morgan fingerprint density at radius 3 is 2.60 bits per heavy atom. The normalized spacial score (nSPS) is 16.6. The summed E-state index contributed by atoms with van der Waals surface area (Å²) < 4.78 is 3.51. The van der Waals surface area contributed by atoms with Gasteiger partial charge in [-0.25, -0.2) is 4.79 Å². The van der Waals surface area contributed by atoms with Crippen LogP contribution in [0, 0.1) is 12.8 Å². The number of aromatic nitrogens is 3. The lowest BCUT2D eigenvalue weighted by Crippen LogP contribution is -2.36. The SMILES string of the molecule is Cc1ccc(C(C2CCCC2)[C@@H](CN)n2ccn(Cc3ccccc3Cl)c2=O)nc1. The smallest absolute Gasteiger partial charge is 0.328 e. The second kappa shape index (κ2) is 9.19. The third-order valence-electron chi connectivity index (χ3n) is 6.37. The predicted molar refractivity (Wildman–Crippen MR) is 121 cm³/mol. The van der Waals surface area contributed by atoms with Gasteiger partial charge in [-0.1, -0.05) is 48.7 Å². The van der Waals surface area contributed by atoms with Crippen molar-refractivity contribution in [3.8, 4) is 0 Å². The van der Waals surface area contributed by atoms with Gasteiger partial charge in [-0.2, -0.15) is 0 Å². The number of aryl methyl sites for hydroxylation is 1. The van der Waals surface area contributed by atoms with E-state index in [1.54, 1.807) is 9.13 Å². The van der Waals surface area contributed by atoms with E-state index in [0.29, 0.717) is 24.0 Å². The molecule has 30 heavy (non-hydrogen) atoms. The van der Waals surface area contributed by atoms with Gasteiger partial charge < -0.3 is 5.73 Å². The zero-order chi connectivity index (χ0) is 21.1. The first-order valence-electron chi connectivity index (χ1n) is 10.7. The summed E-state index contributed by atoms with van der Waals surface area (Å²) >= 11 is 6.30. The van der Waals surface area contributed by atoms with Crippen molar-refractivity contribution >= 4 is 11.6 Å². The first kappa shape index (κ1) is 20.9. The molecule has 1 saturated carbocycles. The number of nitrogens with two attached hydrogens (primary N) is 1. The first-order chi connectivity index (χ1) is 14.6. The van der Waals surface area contributed by atoms with E-state index in [1.807, 2.05) is 49.8 Å². The minimum Gasteiger partial charge on any atom is -0.328 e. The van der Waals surface area contributed by atoms with Crippen molar-refractivity contribution in [1.82, 2.24) is 14.1 Å². The van der Waals surface area contributed by atoms with Crippen molar-refractivity contribution in [2.24, 2.45) is 11.7 Å². The average molecular weight is 425 g/mol. The fourth-order valence-electron chi connectivity index (χ4n) is 4.79. The second-order valence-corrected chi connectivity index (χ2v) is 8.75. The van der Waals surface area contributed by atoms with Crippen LogP contribution < -0.4 is 11.4 Å². The van der Waals surface area contributed by atoms with Gasteiger partial charge in [0.15, 0.2) is 0 Å². The highest BCUT2D eigenvalue weighted by Gasteiger charge is 2.35. The lowest BCUT2D eigenvalue weighted by Gasteiger charge is -2.31. The molecule has 1 fully saturated rings. The standard InChI is InChI=1S/C24H29ClN4O/c1-17-10-11-21(27-15-17)23(18-6-2-3-7-18)22(14-26)29-13-12-28(24(29)30)16-19-8-4-5-9-20(19)25/h4-5,8-13,15,18,22-23H,2-3,6-7,14,16,26H2,1H3/t22-,23?/m1/s1. The maximum atomic E-state index is 13.3. The molecule has 4 rings (SSSR count). The van der Waals surface area contributed by atoms with E-state index in [1.165, 1.54) is 12.8 Å². The number of hydrogen-bond acceptors (Lipinski definition) is 3. The maximum absolute atomic E-state index is 13.3. The molecule has 2 N–H and O–H groups in total. The van der Waals surface area contributed by atoms with E-state index in [2.05, 4.69) is 12.1 Å². The third kappa shape index (κ3) is 4.23. The molecule has 1 aliphatic rings. The number of pyridine rings is 1. The third-order valence-corrected chi connectivity index (χ3v) is 6.74. The molecule has 1 unspecified atom stereocenters. The maximum Gasteiger partial charge on any atom is 0.328 e. The first-order valence-corrected chi connectivity index (χ1v) is 11.1. The quantitative estimate of drug-likeness (QED) is 0.606. The summed E-state index contributed by atoms with van der Waals surface area (Å²) in [4.78, 5) is 18.0. The zero-order valence-corrected chi connectivity index (χ0v) is 18.1. The highest BCUT2D eigenvalue weighted by Crippen LogP contribution is 2.42. The highest BCUT2D eigenvalue weighted by atomic mass is 35.5. The number of halogens is 1. The molecule has 0 aliphatic heterocycles. The Balaban J connectivity index is 1.69. The summed E-state index contributed by atoms with van der Waals surface area (Å²) in [7, 11) is 0. The second-order valence-electron chi connectivity index (χ2n) is 8.34. The number of rotatable bonds is 7. The summed E-state index contributed by atoms with van der Waals surface area (Å²) in [6, 6.07) is 11.7. The molecule has 158 valence electrons. The van der Waals surface area contributed by atoms with E-state index in [4.69, 9.17) is 22.3 Å². The fraction of sp³-hybridized carbons (Fsp3) is 0.417. The van der Waals surface area contributed by atoms with Gasteiger partial charge in [0.1, 0.15) is 0 Å². The lowest BCUT2D eigenvalue weighted by atomic mass is 9.81. The molecule has 6 heteroatoms. The molecule has 0 spiro atoms. The van der Waals surface area contributed by atoms with Crippen LogP contribution >= 0.6 is 11.6 Å². The van der Waals surface area contributed by atoms with E-state index in [9.17, 15) is 4.79 Å². The molecule has 0 radical (unpaired) electrons. The van der Waals surface area contributed by atoms with Crippen LogP contribution in [0.5, 0.6) is 0 Å². The van der Waals surface area contributed by atoms with E-state index >= 15 is 0 Å². The van der Waals surface area contributed by atoms with Gasteiger partial charge >= 0.3 is 5.69 Å². The predicted octanol–water partition coefficient (Wildman–Crippen LogP) is 4.53. The molecule has 3 aromatic rings. The molecule has 1 aliphatic carbocycles. The van der Waals surface area contributed by atoms with Crippen LogP contribution in [0.1, 0.15) is 54.5 Å². The Labute approximate surface area is 182 Å². The van der Waals surface area contributed by atoms with E-state index in [-0.39, 0.29) is 17.6 Å². The molecule has 2 heterocycles. The molecular weight excluding hydrogens is 396 g/mol. The summed E-state index contributed by atoms with van der Waals surface area (Å²) in [6.07, 6.45) is 10.4. The number of hydrogen-bond donors (Lipinski definition) is 1. The van der Waals surface area contributed by atoms with E-state index < -0.39 is 0 Å². The number of imidazole rings is 1. The summed E-state index contributed by atoms with van der Waals surface area (Å²) in [5, 5.41) is 0.667. The number of benzene rings is 1. The molecule has 2 aromatic heterocycles. The lowest BCUT2D eigenvalue weighted by molar-refractivity contribution is 0.301. The van der Waals surface area contributed by atoms with E-state index in [0.717, 1.165) is 29.7 Å². The minimum atomic E-state index is -0.122. The number of nitrogens with zero attached hydrogens (tertiary/aromatic N) is 3. The topological polar surface area (TPSA) is 65.8 Å². The van der Waals surface area contributed by atoms with Crippen LogP contribution in [0.15, 0.2) is 59.8 Å². The fourth-order valence-corrected chi connectivity index (χ4v) is 4.99. The van der Waals surface area contributed by atoms with Crippen LogP contribution in [0.25, 0.3) is 0 Å². The van der Waals surface area contributed by atoms with Gasteiger partial charge in [-0.3, -0.25) is 14.1 Å². The average Bonchev–Trinajstić information content (AvgIpc) is 3.40. The van der Waals surface area contributed by atoms with Gasteiger partial charge in [0.25, 0.3) is 0 Å². The summed E-state index contributed by atoms with van der Waals surface area (Å²) in [5.41, 5.74) is 9.32. The minimum absolute atomic E-state index is 0.0551. The van der Waals surface area contributed by atoms with Gasteiger partial charge in [0.2, 0.25) is 0 Å². The largest absolute Gasteiger partial charge is 0.328 e. The highest BCUT2D eigenvalue weighted by molar-refractivity contribution is 6.31. The molecule has 0 bridgehead atoms. The summed E-state index contributed by atoms with van der Waals surface area (Å²) in [6.45, 7) is 2.88.